The third kappa shape index (κ3) is 2.19. The Morgan fingerprint density at radius 3 is 2.88 bits per heavy atom. The van der Waals surface area contributed by atoms with Gasteiger partial charge in [-0.05, 0) is 43.2 Å². The lowest BCUT2D eigenvalue weighted by Crippen LogP contribution is -2.31. The number of H-pyrrole nitrogens is 1. The zero-order chi connectivity index (χ0) is 16.1. The van der Waals surface area contributed by atoms with Crippen LogP contribution >= 0.6 is 0 Å². The normalized spacial score (nSPS) is 25.7. The van der Waals surface area contributed by atoms with Crippen LogP contribution < -0.4 is 0 Å². The molecule has 6 nitrogen and oxygen atoms in total. The Bertz CT molecular complexity index is 741. The highest BCUT2D eigenvalue weighted by atomic mass is 16.3. The molecule has 3 fully saturated rings. The predicted octanol–water partition coefficient (Wildman–Crippen LogP) is 3.08. The summed E-state index contributed by atoms with van der Waals surface area (Å²) in [7, 11) is 0. The number of carbonyl (C=O) groups is 1. The number of hydrogen-bond donors (Lipinski definition) is 1. The van der Waals surface area contributed by atoms with Gasteiger partial charge in [-0.2, -0.15) is 5.10 Å². The molecule has 1 N–H and O–H groups in total. The van der Waals surface area contributed by atoms with Crippen molar-refractivity contribution in [3.63, 3.8) is 0 Å². The fraction of sp³-hybridized carbons (Fsp3) is 0.611. The van der Waals surface area contributed by atoms with Crippen LogP contribution in [-0.4, -0.2) is 39.1 Å². The fourth-order valence-electron chi connectivity index (χ4n) is 4.61. The van der Waals surface area contributed by atoms with Crippen LogP contribution in [0.3, 0.4) is 0 Å². The van der Waals surface area contributed by atoms with Crippen molar-refractivity contribution in [2.45, 2.75) is 50.4 Å². The van der Waals surface area contributed by atoms with Crippen molar-refractivity contribution in [1.82, 2.24) is 20.1 Å². The van der Waals surface area contributed by atoms with E-state index < -0.39 is 0 Å². The summed E-state index contributed by atoms with van der Waals surface area (Å²) >= 11 is 0. The van der Waals surface area contributed by atoms with Gasteiger partial charge >= 0.3 is 0 Å². The Balaban J connectivity index is 1.44. The standard InChI is InChI=1S/C18H22N4O2/c23-17(14-4-3-9-24-14)22-10-13(18(11-22)7-1-2-8-18)16-19-15(20-21-16)12-5-6-12/h3-4,9,12-13H,1-2,5-8,10-11H2,(H,19,20,21). The second-order valence-electron chi connectivity index (χ2n) is 7.64. The van der Waals surface area contributed by atoms with Gasteiger partial charge in [0.05, 0.1) is 6.26 Å². The lowest BCUT2D eigenvalue weighted by Gasteiger charge is -2.28. The fourth-order valence-corrected chi connectivity index (χ4v) is 4.61. The van der Waals surface area contributed by atoms with Crippen molar-refractivity contribution < 1.29 is 9.21 Å². The van der Waals surface area contributed by atoms with E-state index >= 15 is 0 Å². The topological polar surface area (TPSA) is 75.0 Å². The Labute approximate surface area is 140 Å². The number of nitrogens with one attached hydrogen (secondary N) is 1. The molecule has 3 aliphatic rings. The van der Waals surface area contributed by atoms with Gasteiger partial charge < -0.3 is 9.32 Å². The zero-order valence-electron chi connectivity index (χ0n) is 13.7. The van der Waals surface area contributed by atoms with Gasteiger partial charge in [-0.15, -0.1) is 0 Å². The summed E-state index contributed by atoms with van der Waals surface area (Å²) in [6.45, 7) is 1.51. The highest BCUT2D eigenvalue weighted by Gasteiger charge is 2.51. The molecular weight excluding hydrogens is 304 g/mol. The number of hydrogen-bond acceptors (Lipinski definition) is 4. The summed E-state index contributed by atoms with van der Waals surface area (Å²) in [6, 6.07) is 3.51. The van der Waals surface area contributed by atoms with E-state index in [4.69, 9.17) is 9.40 Å². The number of aromatic amines is 1. The smallest absolute Gasteiger partial charge is 0.289 e. The van der Waals surface area contributed by atoms with Crippen LogP contribution in [0.4, 0.5) is 0 Å². The molecular formula is C18H22N4O2. The molecule has 3 heterocycles. The molecule has 0 aromatic carbocycles. The average molecular weight is 326 g/mol. The van der Waals surface area contributed by atoms with Crippen molar-refractivity contribution in [3.05, 3.63) is 35.8 Å². The van der Waals surface area contributed by atoms with Gasteiger partial charge in [0.1, 0.15) is 5.82 Å². The molecule has 5 rings (SSSR count). The zero-order valence-corrected chi connectivity index (χ0v) is 13.7. The minimum Gasteiger partial charge on any atom is -0.459 e. The number of carbonyl (C=O) groups excluding carboxylic acids is 1. The van der Waals surface area contributed by atoms with E-state index in [1.165, 1.54) is 38.5 Å². The van der Waals surface area contributed by atoms with E-state index in [1.54, 1.807) is 18.4 Å². The van der Waals surface area contributed by atoms with Crippen LogP contribution in [0.2, 0.25) is 0 Å². The quantitative estimate of drug-likeness (QED) is 0.940. The van der Waals surface area contributed by atoms with Crippen molar-refractivity contribution in [3.8, 4) is 0 Å². The minimum atomic E-state index is -0.00398. The summed E-state index contributed by atoms with van der Waals surface area (Å²) in [4.78, 5) is 19.5. The number of aromatic nitrogens is 3. The lowest BCUT2D eigenvalue weighted by atomic mass is 9.76. The molecule has 1 spiro atoms. The Kier molecular flexibility index (Phi) is 3.08. The Hall–Kier alpha value is -2.11. The third-order valence-corrected chi connectivity index (χ3v) is 6.06. The summed E-state index contributed by atoms with van der Waals surface area (Å²) < 4.78 is 5.32. The first kappa shape index (κ1) is 14.3. The monoisotopic (exact) mass is 326 g/mol. The van der Waals surface area contributed by atoms with Gasteiger partial charge in [-0.25, -0.2) is 4.98 Å². The molecule has 2 aliphatic carbocycles. The maximum absolute atomic E-state index is 12.7. The lowest BCUT2D eigenvalue weighted by molar-refractivity contribution is 0.0741. The molecule has 6 heteroatoms. The van der Waals surface area contributed by atoms with Gasteiger partial charge in [0.15, 0.2) is 11.6 Å². The van der Waals surface area contributed by atoms with Crippen LogP contribution in [0.1, 0.15) is 72.6 Å². The largest absolute Gasteiger partial charge is 0.459 e. The number of rotatable bonds is 3. The van der Waals surface area contributed by atoms with Crippen LogP contribution in [0.25, 0.3) is 0 Å². The van der Waals surface area contributed by atoms with Crippen molar-refractivity contribution in [2.24, 2.45) is 5.41 Å². The Morgan fingerprint density at radius 2 is 2.17 bits per heavy atom. The summed E-state index contributed by atoms with van der Waals surface area (Å²) in [5, 5.41) is 7.63. The van der Waals surface area contributed by atoms with Crippen LogP contribution in [0.5, 0.6) is 0 Å². The maximum atomic E-state index is 12.7. The second kappa shape index (κ2) is 5.19. The van der Waals surface area contributed by atoms with Gasteiger partial charge in [-0.3, -0.25) is 9.89 Å². The predicted molar refractivity (Wildman–Crippen MR) is 86.6 cm³/mol. The van der Waals surface area contributed by atoms with Crippen LogP contribution in [0.15, 0.2) is 22.8 Å². The van der Waals surface area contributed by atoms with E-state index in [2.05, 4.69) is 10.2 Å². The summed E-state index contributed by atoms with van der Waals surface area (Å²) in [6.07, 6.45) is 8.78. The number of amides is 1. The molecule has 1 unspecified atom stereocenters. The molecule has 0 radical (unpaired) electrons. The molecule has 0 bridgehead atoms. The molecule has 1 aliphatic heterocycles. The number of likely N-dealkylation sites (tertiary alicyclic amines) is 1. The average Bonchev–Trinajstić information content (AvgIpc) is 3.10. The van der Waals surface area contributed by atoms with Crippen LogP contribution in [-0.2, 0) is 0 Å². The SMILES string of the molecule is O=C(c1ccco1)N1CC(c2nc(C3CC3)n[nH]2)C2(CCCC2)C1. The first-order valence-electron chi connectivity index (χ1n) is 9.00. The van der Waals surface area contributed by atoms with Crippen molar-refractivity contribution >= 4 is 5.91 Å². The van der Waals surface area contributed by atoms with Crippen molar-refractivity contribution in [2.75, 3.05) is 13.1 Å². The molecule has 2 saturated carbocycles. The first-order chi connectivity index (χ1) is 11.8. The summed E-state index contributed by atoms with van der Waals surface area (Å²) in [5.74, 6) is 3.19. The molecule has 1 amide bonds. The first-order valence-corrected chi connectivity index (χ1v) is 9.00. The molecule has 126 valence electrons. The molecule has 24 heavy (non-hydrogen) atoms. The minimum absolute atomic E-state index is 0.00398. The molecule has 1 atom stereocenters. The van der Waals surface area contributed by atoms with Gasteiger partial charge in [0, 0.05) is 24.9 Å². The van der Waals surface area contributed by atoms with Crippen LogP contribution in [0, 0.1) is 5.41 Å². The molecule has 1 saturated heterocycles. The Morgan fingerprint density at radius 1 is 1.33 bits per heavy atom. The van der Waals surface area contributed by atoms with E-state index in [-0.39, 0.29) is 17.2 Å². The second-order valence-corrected chi connectivity index (χ2v) is 7.64. The maximum Gasteiger partial charge on any atom is 0.289 e. The molecule has 2 aromatic rings. The van der Waals surface area contributed by atoms with Gasteiger partial charge in [0.25, 0.3) is 5.91 Å². The number of nitrogens with zero attached hydrogens (tertiary/aromatic N) is 3. The third-order valence-electron chi connectivity index (χ3n) is 6.06. The van der Waals surface area contributed by atoms with E-state index in [0.717, 1.165) is 18.2 Å². The number of furan rings is 1. The highest BCUT2D eigenvalue weighted by Crippen LogP contribution is 2.53. The summed E-state index contributed by atoms with van der Waals surface area (Å²) in [5.41, 5.74) is 0.155. The van der Waals surface area contributed by atoms with Crippen molar-refractivity contribution in [1.29, 1.82) is 0 Å². The van der Waals surface area contributed by atoms with E-state index in [1.807, 2.05) is 4.90 Å². The highest BCUT2D eigenvalue weighted by molar-refractivity contribution is 5.91. The van der Waals surface area contributed by atoms with Gasteiger partial charge in [0.2, 0.25) is 0 Å². The van der Waals surface area contributed by atoms with E-state index in [9.17, 15) is 4.79 Å². The van der Waals surface area contributed by atoms with Gasteiger partial charge in [-0.1, -0.05) is 12.8 Å². The molecule has 2 aromatic heterocycles. The van der Waals surface area contributed by atoms with E-state index in [0.29, 0.717) is 18.2 Å².